The van der Waals surface area contributed by atoms with Crippen LogP contribution < -0.4 is 5.32 Å². The Morgan fingerprint density at radius 2 is 2.11 bits per heavy atom. The SMILES string of the molecule is Cc1c(Cl)cccc1NC(=O)N1CCC(O)CC1. The molecule has 18 heavy (non-hydrogen) atoms. The number of carbonyl (C=O) groups is 1. The number of amides is 2. The van der Waals surface area contributed by atoms with Gasteiger partial charge in [0.1, 0.15) is 0 Å². The topological polar surface area (TPSA) is 52.6 Å². The van der Waals surface area contributed by atoms with Crippen LogP contribution in [-0.2, 0) is 0 Å². The monoisotopic (exact) mass is 268 g/mol. The van der Waals surface area contributed by atoms with Crippen LogP contribution in [0.5, 0.6) is 0 Å². The minimum Gasteiger partial charge on any atom is -0.393 e. The second-order valence-electron chi connectivity index (χ2n) is 4.56. The molecule has 2 rings (SSSR count). The highest BCUT2D eigenvalue weighted by Gasteiger charge is 2.21. The van der Waals surface area contributed by atoms with Crippen molar-refractivity contribution in [3.05, 3.63) is 28.8 Å². The number of hydrogen-bond donors (Lipinski definition) is 2. The number of benzene rings is 1. The minimum absolute atomic E-state index is 0.132. The van der Waals surface area contributed by atoms with E-state index in [1.807, 2.05) is 19.1 Å². The van der Waals surface area contributed by atoms with E-state index < -0.39 is 0 Å². The number of likely N-dealkylation sites (tertiary alicyclic amines) is 1. The summed E-state index contributed by atoms with van der Waals surface area (Å²) < 4.78 is 0. The van der Waals surface area contributed by atoms with Gasteiger partial charge in [0.15, 0.2) is 0 Å². The Morgan fingerprint density at radius 3 is 2.78 bits per heavy atom. The molecule has 5 heteroatoms. The Morgan fingerprint density at radius 1 is 1.44 bits per heavy atom. The number of hydrogen-bond acceptors (Lipinski definition) is 2. The van der Waals surface area contributed by atoms with Crippen LogP contribution in [0.1, 0.15) is 18.4 Å². The number of carbonyl (C=O) groups excluding carboxylic acids is 1. The Kier molecular flexibility index (Phi) is 4.09. The summed E-state index contributed by atoms with van der Waals surface area (Å²) in [7, 11) is 0. The Balaban J connectivity index is 2.01. The highest BCUT2D eigenvalue weighted by Crippen LogP contribution is 2.23. The van der Waals surface area contributed by atoms with Crippen LogP contribution in [0.15, 0.2) is 18.2 Å². The van der Waals surface area contributed by atoms with E-state index in [0.29, 0.717) is 31.0 Å². The molecule has 1 aliphatic rings. The van der Waals surface area contributed by atoms with Crippen LogP contribution in [-0.4, -0.2) is 35.2 Å². The van der Waals surface area contributed by atoms with Crippen molar-refractivity contribution < 1.29 is 9.90 Å². The zero-order valence-electron chi connectivity index (χ0n) is 10.3. The molecule has 1 fully saturated rings. The first kappa shape index (κ1) is 13.2. The highest BCUT2D eigenvalue weighted by atomic mass is 35.5. The molecule has 2 amide bonds. The second kappa shape index (κ2) is 5.59. The van der Waals surface area contributed by atoms with Crippen molar-refractivity contribution in [2.45, 2.75) is 25.9 Å². The first-order chi connectivity index (χ1) is 8.58. The van der Waals surface area contributed by atoms with Gasteiger partial charge in [0.2, 0.25) is 0 Å². The fourth-order valence-corrected chi connectivity index (χ4v) is 2.18. The van der Waals surface area contributed by atoms with E-state index in [1.165, 1.54) is 0 Å². The Hall–Kier alpha value is -1.26. The van der Waals surface area contributed by atoms with Crippen molar-refractivity contribution in [2.24, 2.45) is 0 Å². The van der Waals surface area contributed by atoms with Gasteiger partial charge in [0.05, 0.1) is 6.10 Å². The third-order valence-corrected chi connectivity index (χ3v) is 3.67. The lowest BCUT2D eigenvalue weighted by Crippen LogP contribution is -2.42. The molecule has 0 radical (unpaired) electrons. The van der Waals surface area contributed by atoms with Crippen LogP contribution >= 0.6 is 11.6 Å². The fourth-order valence-electron chi connectivity index (χ4n) is 2.01. The normalized spacial score (nSPS) is 16.7. The number of rotatable bonds is 1. The highest BCUT2D eigenvalue weighted by molar-refractivity contribution is 6.31. The van der Waals surface area contributed by atoms with Crippen LogP contribution in [0.25, 0.3) is 0 Å². The predicted octanol–water partition coefficient (Wildman–Crippen LogP) is 2.64. The first-order valence-electron chi connectivity index (χ1n) is 6.07. The van der Waals surface area contributed by atoms with Gasteiger partial charge < -0.3 is 15.3 Å². The Labute approximate surface area is 112 Å². The zero-order valence-corrected chi connectivity index (χ0v) is 11.1. The molecule has 0 spiro atoms. The standard InChI is InChI=1S/C13H17ClN2O2/c1-9-11(14)3-2-4-12(9)15-13(18)16-7-5-10(17)6-8-16/h2-4,10,17H,5-8H2,1H3,(H,15,18). The summed E-state index contributed by atoms with van der Waals surface area (Å²) in [5.41, 5.74) is 1.60. The molecule has 1 saturated heterocycles. The number of piperidine rings is 1. The lowest BCUT2D eigenvalue weighted by molar-refractivity contribution is 0.0972. The van der Waals surface area contributed by atoms with Gasteiger partial charge in [-0.05, 0) is 37.5 Å². The molecule has 4 nitrogen and oxygen atoms in total. The van der Waals surface area contributed by atoms with Crippen molar-refractivity contribution in [2.75, 3.05) is 18.4 Å². The van der Waals surface area contributed by atoms with Gasteiger partial charge >= 0.3 is 6.03 Å². The van der Waals surface area contributed by atoms with E-state index in [2.05, 4.69) is 5.32 Å². The summed E-state index contributed by atoms with van der Waals surface area (Å²) >= 11 is 6.00. The van der Waals surface area contributed by atoms with E-state index >= 15 is 0 Å². The van der Waals surface area contributed by atoms with Crippen molar-refractivity contribution in [3.63, 3.8) is 0 Å². The molecule has 1 aliphatic heterocycles. The van der Waals surface area contributed by atoms with Gasteiger partial charge in [-0.15, -0.1) is 0 Å². The number of nitrogens with zero attached hydrogens (tertiary/aromatic N) is 1. The average molecular weight is 269 g/mol. The predicted molar refractivity (Wildman–Crippen MR) is 72.0 cm³/mol. The fraction of sp³-hybridized carbons (Fsp3) is 0.462. The van der Waals surface area contributed by atoms with Gasteiger partial charge in [-0.25, -0.2) is 4.79 Å². The summed E-state index contributed by atoms with van der Waals surface area (Å²) in [6, 6.07) is 5.30. The third-order valence-electron chi connectivity index (χ3n) is 3.26. The number of nitrogens with one attached hydrogen (secondary N) is 1. The molecule has 0 saturated carbocycles. The smallest absolute Gasteiger partial charge is 0.321 e. The second-order valence-corrected chi connectivity index (χ2v) is 4.97. The molecular formula is C13H17ClN2O2. The van der Waals surface area contributed by atoms with Crippen molar-refractivity contribution in [1.29, 1.82) is 0 Å². The zero-order chi connectivity index (χ0) is 13.1. The molecule has 0 unspecified atom stereocenters. The van der Waals surface area contributed by atoms with Crippen LogP contribution in [0.3, 0.4) is 0 Å². The maximum Gasteiger partial charge on any atom is 0.321 e. The molecule has 0 aromatic heterocycles. The van der Waals surface area contributed by atoms with E-state index in [4.69, 9.17) is 11.6 Å². The number of aliphatic hydroxyl groups is 1. The molecular weight excluding hydrogens is 252 g/mol. The molecule has 0 aliphatic carbocycles. The molecule has 2 N–H and O–H groups in total. The summed E-state index contributed by atoms with van der Waals surface area (Å²) in [5, 5.41) is 12.9. The Bertz CT molecular complexity index is 443. The number of urea groups is 1. The van der Waals surface area contributed by atoms with E-state index in [1.54, 1.807) is 11.0 Å². The van der Waals surface area contributed by atoms with Crippen LogP contribution in [0.4, 0.5) is 10.5 Å². The molecule has 1 heterocycles. The van der Waals surface area contributed by atoms with Crippen molar-refractivity contribution in [3.8, 4) is 0 Å². The van der Waals surface area contributed by atoms with Crippen molar-refractivity contribution >= 4 is 23.3 Å². The maximum atomic E-state index is 12.0. The van der Waals surface area contributed by atoms with Crippen LogP contribution in [0.2, 0.25) is 5.02 Å². The molecule has 1 aromatic carbocycles. The number of halogens is 1. The van der Waals surface area contributed by atoms with Crippen LogP contribution in [0, 0.1) is 6.92 Å². The number of anilines is 1. The van der Waals surface area contributed by atoms with E-state index in [0.717, 1.165) is 11.3 Å². The first-order valence-corrected chi connectivity index (χ1v) is 6.45. The summed E-state index contributed by atoms with van der Waals surface area (Å²) in [5.74, 6) is 0. The van der Waals surface area contributed by atoms with Gasteiger partial charge in [0, 0.05) is 23.8 Å². The molecule has 0 atom stereocenters. The maximum absolute atomic E-state index is 12.0. The molecule has 0 bridgehead atoms. The van der Waals surface area contributed by atoms with E-state index in [9.17, 15) is 9.90 Å². The molecule has 1 aromatic rings. The van der Waals surface area contributed by atoms with Gasteiger partial charge in [-0.1, -0.05) is 17.7 Å². The minimum atomic E-state index is -0.276. The van der Waals surface area contributed by atoms with Gasteiger partial charge in [-0.3, -0.25) is 0 Å². The van der Waals surface area contributed by atoms with E-state index in [-0.39, 0.29) is 12.1 Å². The summed E-state index contributed by atoms with van der Waals surface area (Å²) in [4.78, 5) is 13.7. The van der Waals surface area contributed by atoms with Crippen molar-refractivity contribution in [1.82, 2.24) is 4.90 Å². The summed E-state index contributed by atoms with van der Waals surface area (Å²) in [6.07, 6.45) is 1.01. The van der Waals surface area contributed by atoms with Gasteiger partial charge in [-0.2, -0.15) is 0 Å². The lowest BCUT2D eigenvalue weighted by Gasteiger charge is -2.29. The largest absolute Gasteiger partial charge is 0.393 e. The quantitative estimate of drug-likeness (QED) is 0.823. The summed E-state index contributed by atoms with van der Waals surface area (Å²) in [6.45, 7) is 3.05. The van der Waals surface area contributed by atoms with Gasteiger partial charge in [0.25, 0.3) is 0 Å². The third kappa shape index (κ3) is 2.94. The average Bonchev–Trinajstić information content (AvgIpc) is 2.36. The number of aliphatic hydroxyl groups excluding tert-OH is 1. The molecule has 98 valence electrons. The lowest BCUT2D eigenvalue weighted by atomic mass is 10.1.